The van der Waals surface area contributed by atoms with Crippen LogP contribution in [0.5, 0.6) is 11.5 Å². The van der Waals surface area contributed by atoms with E-state index >= 15 is 0 Å². The third-order valence-electron chi connectivity index (χ3n) is 4.35. The van der Waals surface area contributed by atoms with Gasteiger partial charge < -0.3 is 14.2 Å². The summed E-state index contributed by atoms with van der Waals surface area (Å²) in [5, 5.41) is 2.61. The van der Waals surface area contributed by atoms with Gasteiger partial charge in [-0.15, -0.1) is 11.3 Å². The van der Waals surface area contributed by atoms with Crippen LogP contribution in [0.2, 0.25) is 0 Å². The van der Waals surface area contributed by atoms with Crippen LogP contribution in [0.15, 0.2) is 23.6 Å². The van der Waals surface area contributed by atoms with E-state index in [0.29, 0.717) is 23.6 Å². The van der Waals surface area contributed by atoms with E-state index in [1.54, 1.807) is 14.2 Å². The standard InChI is InChI=1S/C18H21NO6S2/c1-23-15-4-3-13(8-16(15)24-2)18-19-14(10-26-18)9-25-17(20)7-12-5-6-27(21,22)11-12/h3-4,8,10,12H,5-7,9,11H2,1-2H3/t12-/m1/s1. The number of carbonyl (C=O) groups is 1. The van der Waals surface area contributed by atoms with Crippen LogP contribution in [-0.4, -0.2) is 45.1 Å². The molecule has 1 atom stereocenters. The van der Waals surface area contributed by atoms with Crippen LogP contribution in [0.25, 0.3) is 10.6 Å². The molecule has 2 heterocycles. The third-order valence-corrected chi connectivity index (χ3v) is 7.12. The first-order valence-electron chi connectivity index (χ1n) is 8.43. The Kier molecular flexibility index (Phi) is 6.01. The Hall–Kier alpha value is -2.13. The zero-order chi connectivity index (χ0) is 19.4. The molecule has 0 bridgehead atoms. The number of sulfone groups is 1. The van der Waals surface area contributed by atoms with E-state index in [1.807, 2.05) is 23.6 Å². The lowest BCUT2D eigenvalue weighted by atomic mass is 10.1. The SMILES string of the molecule is COc1ccc(-c2nc(COC(=O)C[C@H]3CCS(=O)(=O)C3)cs2)cc1OC. The van der Waals surface area contributed by atoms with E-state index in [1.165, 1.54) is 11.3 Å². The lowest BCUT2D eigenvalue weighted by Gasteiger charge is -2.08. The Morgan fingerprint density at radius 1 is 1.26 bits per heavy atom. The minimum atomic E-state index is -2.98. The number of nitrogens with zero attached hydrogens (tertiary/aromatic N) is 1. The van der Waals surface area contributed by atoms with Gasteiger partial charge in [-0.2, -0.15) is 0 Å². The molecule has 27 heavy (non-hydrogen) atoms. The van der Waals surface area contributed by atoms with Gasteiger partial charge in [-0.3, -0.25) is 4.79 Å². The number of thiazole rings is 1. The number of hydrogen-bond donors (Lipinski definition) is 0. The second-order valence-corrected chi connectivity index (χ2v) is 9.43. The van der Waals surface area contributed by atoms with Crippen LogP contribution < -0.4 is 9.47 Å². The summed E-state index contributed by atoms with van der Waals surface area (Å²) < 4.78 is 38.7. The van der Waals surface area contributed by atoms with Gasteiger partial charge in [0.2, 0.25) is 0 Å². The summed E-state index contributed by atoms with van der Waals surface area (Å²) in [6, 6.07) is 5.54. The highest BCUT2D eigenvalue weighted by molar-refractivity contribution is 7.91. The van der Waals surface area contributed by atoms with Crippen molar-refractivity contribution in [2.45, 2.75) is 19.4 Å². The van der Waals surface area contributed by atoms with E-state index in [0.717, 1.165) is 10.6 Å². The van der Waals surface area contributed by atoms with Crippen LogP contribution in [0.1, 0.15) is 18.5 Å². The van der Waals surface area contributed by atoms with Gasteiger partial charge in [0.25, 0.3) is 0 Å². The Bertz CT molecular complexity index is 922. The van der Waals surface area contributed by atoms with E-state index in [2.05, 4.69) is 4.98 Å². The first-order chi connectivity index (χ1) is 12.9. The molecule has 1 fully saturated rings. The van der Waals surface area contributed by atoms with Crippen LogP contribution in [0.4, 0.5) is 0 Å². The van der Waals surface area contributed by atoms with Crippen molar-refractivity contribution in [1.82, 2.24) is 4.98 Å². The zero-order valence-corrected chi connectivity index (χ0v) is 16.8. The van der Waals surface area contributed by atoms with Gasteiger partial charge in [-0.05, 0) is 30.5 Å². The molecule has 2 aromatic rings. The molecular weight excluding hydrogens is 390 g/mol. The van der Waals surface area contributed by atoms with Crippen LogP contribution in [0, 0.1) is 5.92 Å². The highest BCUT2D eigenvalue weighted by atomic mass is 32.2. The van der Waals surface area contributed by atoms with Gasteiger partial charge in [0.15, 0.2) is 21.3 Å². The molecule has 1 aromatic carbocycles. The molecule has 1 saturated heterocycles. The lowest BCUT2D eigenvalue weighted by molar-refractivity contribution is -0.146. The predicted molar refractivity (Wildman–Crippen MR) is 102 cm³/mol. The molecule has 0 amide bonds. The van der Waals surface area contributed by atoms with Crippen molar-refractivity contribution < 1.29 is 27.4 Å². The van der Waals surface area contributed by atoms with Crippen molar-refractivity contribution in [1.29, 1.82) is 0 Å². The van der Waals surface area contributed by atoms with Gasteiger partial charge in [-0.25, -0.2) is 13.4 Å². The highest BCUT2D eigenvalue weighted by Crippen LogP contribution is 2.33. The summed E-state index contributed by atoms with van der Waals surface area (Å²) in [4.78, 5) is 16.4. The molecule has 1 aromatic heterocycles. The Morgan fingerprint density at radius 3 is 2.70 bits per heavy atom. The van der Waals surface area contributed by atoms with Crippen molar-refractivity contribution in [3.05, 3.63) is 29.3 Å². The number of carbonyl (C=O) groups excluding carboxylic acids is 1. The van der Waals surface area contributed by atoms with E-state index < -0.39 is 15.8 Å². The molecule has 0 saturated carbocycles. The molecule has 1 aliphatic rings. The molecule has 0 N–H and O–H groups in total. The van der Waals surface area contributed by atoms with Crippen molar-refractivity contribution >= 4 is 27.1 Å². The first kappa shape index (κ1) is 19.6. The molecule has 0 aliphatic carbocycles. The summed E-state index contributed by atoms with van der Waals surface area (Å²) in [6.07, 6.45) is 0.656. The molecular formula is C18H21NO6S2. The van der Waals surface area contributed by atoms with Gasteiger partial charge >= 0.3 is 5.97 Å². The smallest absolute Gasteiger partial charge is 0.306 e. The number of hydrogen-bond acceptors (Lipinski definition) is 8. The van der Waals surface area contributed by atoms with Crippen molar-refractivity contribution in [2.24, 2.45) is 5.92 Å². The Balaban J connectivity index is 1.57. The van der Waals surface area contributed by atoms with Crippen molar-refractivity contribution in [3.8, 4) is 22.1 Å². The number of esters is 1. The molecule has 146 valence electrons. The predicted octanol–water partition coefficient (Wildman–Crippen LogP) is 2.70. The van der Waals surface area contributed by atoms with Gasteiger partial charge in [0, 0.05) is 17.4 Å². The summed E-state index contributed by atoms with van der Waals surface area (Å²) in [6.45, 7) is 0.0715. The van der Waals surface area contributed by atoms with Gasteiger partial charge in [0.05, 0.1) is 31.4 Å². The maximum absolute atomic E-state index is 11.9. The van der Waals surface area contributed by atoms with Crippen molar-refractivity contribution in [3.63, 3.8) is 0 Å². The molecule has 0 unspecified atom stereocenters. The molecule has 1 aliphatic heterocycles. The van der Waals surface area contributed by atoms with Crippen LogP contribution in [-0.2, 0) is 26.0 Å². The fraction of sp³-hybridized carbons (Fsp3) is 0.444. The fourth-order valence-electron chi connectivity index (χ4n) is 2.96. The van der Waals surface area contributed by atoms with E-state index in [-0.39, 0.29) is 30.5 Å². The normalized spacial score (nSPS) is 18.2. The molecule has 0 spiro atoms. The summed E-state index contributed by atoms with van der Waals surface area (Å²) in [5.41, 5.74) is 1.53. The monoisotopic (exact) mass is 411 g/mol. The molecule has 9 heteroatoms. The average molecular weight is 412 g/mol. The van der Waals surface area contributed by atoms with Crippen LogP contribution in [0.3, 0.4) is 0 Å². The third kappa shape index (κ3) is 4.98. The topological polar surface area (TPSA) is 91.8 Å². The fourth-order valence-corrected chi connectivity index (χ4v) is 5.62. The number of rotatable bonds is 7. The van der Waals surface area contributed by atoms with Gasteiger partial charge in [-0.1, -0.05) is 0 Å². The molecule has 7 nitrogen and oxygen atoms in total. The largest absolute Gasteiger partial charge is 0.493 e. The average Bonchev–Trinajstić information content (AvgIpc) is 3.25. The first-order valence-corrected chi connectivity index (χ1v) is 11.1. The Morgan fingerprint density at radius 2 is 2.04 bits per heavy atom. The number of aromatic nitrogens is 1. The summed E-state index contributed by atoms with van der Waals surface area (Å²) >= 11 is 1.44. The van der Waals surface area contributed by atoms with Crippen molar-refractivity contribution in [2.75, 3.05) is 25.7 Å². The maximum atomic E-state index is 11.9. The van der Waals surface area contributed by atoms with Crippen LogP contribution >= 0.6 is 11.3 Å². The zero-order valence-electron chi connectivity index (χ0n) is 15.1. The number of methoxy groups -OCH3 is 2. The van der Waals surface area contributed by atoms with Gasteiger partial charge in [0.1, 0.15) is 11.6 Å². The Labute approximate surface area is 162 Å². The second kappa shape index (κ2) is 8.26. The molecule has 3 rings (SSSR count). The minimum absolute atomic E-state index is 0.0715. The summed E-state index contributed by atoms with van der Waals surface area (Å²) in [7, 11) is 0.167. The number of ether oxygens (including phenoxy) is 3. The minimum Gasteiger partial charge on any atom is -0.493 e. The maximum Gasteiger partial charge on any atom is 0.306 e. The lowest BCUT2D eigenvalue weighted by Crippen LogP contribution is -2.13. The van der Waals surface area contributed by atoms with E-state index in [9.17, 15) is 13.2 Å². The number of benzene rings is 1. The van der Waals surface area contributed by atoms with E-state index in [4.69, 9.17) is 14.2 Å². The highest BCUT2D eigenvalue weighted by Gasteiger charge is 2.29. The second-order valence-electron chi connectivity index (χ2n) is 6.35. The summed E-state index contributed by atoms with van der Waals surface area (Å²) in [5.74, 6) is 0.956. The quantitative estimate of drug-likeness (QED) is 0.647. The molecule has 0 radical (unpaired) electrons.